The number of benzene rings is 2. The lowest BCUT2D eigenvalue weighted by Crippen LogP contribution is -2.11. The van der Waals surface area contributed by atoms with Gasteiger partial charge >= 0.3 is 6.16 Å². The van der Waals surface area contributed by atoms with Crippen LogP contribution in [-0.2, 0) is 4.74 Å². The van der Waals surface area contributed by atoms with E-state index in [4.69, 9.17) is 9.47 Å². The van der Waals surface area contributed by atoms with Gasteiger partial charge < -0.3 is 9.47 Å². The summed E-state index contributed by atoms with van der Waals surface area (Å²) in [5, 5.41) is 0. The van der Waals surface area contributed by atoms with Crippen LogP contribution in [0.4, 0.5) is 4.79 Å². The molecule has 0 saturated heterocycles. The average molecular weight is 421 g/mol. The molecule has 3 heteroatoms. The topological polar surface area (TPSA) is 35.5 Å². The summed E-state index contributed by atoms with van der Waals surface area (Å²) in [6, 6.07) is 16.4. The van der Waals surface area contributed by atoms with E-state index in [0.29, 0.717) is 12.4 Å². The van der Waals surface area contributed by atoms with Crippen LogP contribution in [0.1, 0.15) is 71.3 Å². The molecule has 0 N–H and O–H groups in total. The van der Waals surface area contributed by atoms with Gasteiger partial charge in [0.15, 0.2) is 0 Å². The summed E-state index contributed by atoms with van der Waals surface area (Å²) in [7, 11) is 0. The molecule has 0 amide bonds. The summed E-state index contributed by atoms with van der Waals surface area (Å²) < 4.78 is 10.3. The summed E-state index contributed by atoms with van der Waals surface area (Å²) in [4.78, 5) is 11.7. The highest BCUT2D eigenvalue weighted by atomic mass is 16.7. The molecular formula is C28H36O3. The lowest BCUT2D eigenvalue weighted by molar-refractivity contribution is 0.0978. The van der Waals surface area contributed by atoms with Crippen molar-refractivity contribution in [1.82, 2.24) is 0 Å². The molecule has 166 valence electrons. The van der Waals surface area contributed by atoms with Gasteiger partial charge in [-0.3, -0.25) is 0 Å². The second-order valence-corrected chi connectivity index (χ2v) is 8.77. The third-order valence-electron chi connectivity index (χ3n) is 6.31. The summed E-state index contributed by atoms with van der Waals surface area (Å²) in [6.45, 7) is 7.11. The van der Waals surface area contributed by atoms with E-state index in [2.05, 4.69) is 51.1 Å². The van der Waals surface area contributed by atoms with Crippen molar-refractivity contribution in [3.8, 4) is 16.9 Å². The van der Waals surface area contributed by atoms with Gasteiger partial charge in [0.2, 0.25) is 0 Å². The third kappa shape index (κ3) is 6.99. The summed E-state index contributed by atoms with van der Waals surface area (Å²) in [5.74, 6) is 2.19. The van der Waals surface area contributed by atoms with Crippen LogP contribution >= 0.6 is 0 Å². The highest BCUT2D eigenvalue weighted by Crippen LogP contribution is 2.34. The fourth-order valence-corrected chi connectivity index (χ4v) is 4.12. The van der Waals surface area contributed by atoms with Crippen molar-refractivity contribution in [3.05, 3.63) is 60.2 Å². The molecule has 31 heavy (non-hydrogen) atoms. The van der Waals surface area contributed by atoms with Crippen molar-refractivity contribution in [3.63, 3.8) is 0 Å². The Morgan fingerprint density at radius 2 is 1.65 bits per heavy atom. The smallest absolute Gasteiger partial charge is 0.434 e. The van der Waals surface area contributed by atoms with Crippen LogP contribution < -0.4 is 4.74 Å². The molecular weight excluding hydrogens is 384 g/mol. The first-order valence-electron chi connectivity index (χ1n) is 11.8. The molecule has 1 aliphatic rings. The Labute approximate surface area is 187 Å². The zero-order chi connectivity index (χ0) is 22.1. The summed E-state index contributed by atoms with van der Waals surface area (Å²) in [5.41, 5.74) is 5.08. The fourth-order valence-electron chi connectivity index (χ4n) is 4.12. The lowest BCUT2D eigenvalue weighted by atomic mass is 9.81. The fraction of sp³-hybridized carbons (Fsp3) is 0.464. The maximum atomic E-state index is 11.7. The Kier molecular flexibility index (Phi) is 8.75. The lowest BCUT2D eigenvalue weighted by Gasteiger charge is -2.24. The van der Waals surface area contributed by atoms with Gasteiger partial charge in [0.25, 0.3) is 0 Å². The van der Waals surface area contributed by atoms with Crippen LogP contribution in [0.5, 0.6) is 5.75 Å². The molecule has 2 aromatic carbocycles. The van der Waals surface area contributed by atoms with E-state index in [0.717, 1.165) is 35.8 Å². The molecule has 0 heterocycles. The van der Waals surface area contributed by atoms with Crippen LogP contribution in [0.2, 0.25) is 0 Å². The largest absolute Gasteiger partial charge is 0.513 e. The minimum atomic E-state index is -0.641. The van der Waals surface area contributed by atoms with E-state index in [1.807, 2.05) is 24.3 Å². The average Bonchev–Trinajstić information content (AvgIpc) is 2.80. The molecule has 3 nitrogen and oxygen atoms in total. The van der Waals surface area contributed by atoms with Gasteiger partial charge in [-0.15, -0.1) is 0 Å². The zero-order valence-corrected chi connectivity index (χ0v) is 19.2. The molecule has 0 bridgehead atoms. The maximum absolute atomic E-state index is 11.7. The van der Waals surface area contributed by atoms with Crippen molar-refractivity contribution in [2.45, 2.75) is 65.7 Å². The predicted octanol–water partition coefficient (Wildman–Crippen LogP) is 8.29. The van der Waals surface area contributed by atoms with Gasteiger partial charge in [0.05, 0.1) is 6.61 Å². The predicted molar refractivity (Wildman–Crippen MR) is 128 cm³/mol. The number of hydrogen-bond acceptors (Lipinski definition) is 3. The van der Waals surface area contributed by atoms with Gasteiger partial charge in [-0.1, -0.05) is 76.1 Å². The van der Waals surface area contributed by atoms with Crippen molar-refractivity contribution < 1.29 is 14.3 Å². The number of rotatable bonds is 9. The molecule has 0 aromatic heterocycles. The molecule has 3 rings (SSSR count). The number of allylic oxidation sites excluding steroid dienone is 2. The van der Waals surface area contributed by atoms with E-state index < -0.39 is 6.16 Å². The number of carbonyl (C=O) groups is 1. The van der Waals surface area contributed by atoms with Crippen LogP contribution in [0.15, 0.2) is 54.6 Å². The minimum Gasteiger partial charge on any atom is -0.434 e. The van der Waals surface area contributed by atoms with Crippen LogP contribution in [0.3, 0.4) is 0 Å². The molecule has 0 saturated carbocycles. The van der Waals surface area contributed by atoms with Gasteiger partial charge in [-0.05, 0) is 78.3 Å². The molecule has 0 aliphatic heterocycles. The second-order valence-electron chi connectivity index (χ2n) is 8.77. The molecule has 0 fully saturated rings. The first-order valence-corrected chi connectivity index (χ1v) is 11.8. The standard InChI is InChI=1S/C28H36O3/c1-4-6-19-30-28(29)31-27-17-15-26(16-18-27)25-13-11-24(12-14-25)23-9-7-22(8-10-23)20-21(3)5-2/h9,11-18,21-22H,4-8,10,19-20H2,1-3H3. The van der Waals surface area contributed by atoms with Gasteiger partial charge in [0.1, 0.15) is 5.75 Å². The van der Waals surface area contributed by atoms with E-state index in [-0.39, 0.29) is 0 Å². The Bertz CT molecular complexity index is 849. The zero-order valence-electron chi connectivity index (χ0n) is 19.2. The number of unbranched alkanes of at least 4 members (excludes halogenated alkanes) is 1. The van der Waals surface area contributed by atoms with Crippen LogP contribution in [-0.4, -0.2) is 12.8 Å². The number of hydrogen-bond donors (Lipinski definition) is 0. The second kappa shape index (κ2) is 11.7. The highest BCUT2D eigenvalue weighted by Gasteiger charge is 2.17. The molecule has 2 unspecified atom stereocenters. The van der Waals surface area contributed by atoms with E-state index in [9.17, 15) is 4.79 Å². The molecule has 2 atom stereocenters. The van der Waals surface area contributed by atoms with E-state index in [1.165, 1.54) is 43.2 Å². The van der Waals surface area contributed by atoms with Crippen molar-refractivity contribution in [2.24, 2.45) is 11.8 Å². The van der Waals surface area contributed by atoms with Gasteiger partial charge in [-0.25, -0.2) is 4.79 Å². The van der Waals surface area contributed by atoms with E-state index in [1.54, 1.807) is 0 Å². The minimum absolute atomic E-state index is 0.398. The van der Waals surface area contributed by atoms with Gasteiger partial charge in [-0.2, -0.15) is 0 Å². The normalized spacial score (nSPS) is 17.0. The van der Waals surface area contributed by atoms with Gasteiger partial charge in [0, 0.05) is 0 Å². The molecule has 0 radical (unpaired) electrons. The Balaban J connectivity index is 1.56. The Hall–Kier alpha value is -2.55. The van der Waals surface area contributed by atoms with E-state index >= 15 is 0 Å². The first kappa shape index (κ1) is 23.1. The molecule has 2 aromatic rings. The summed E-state index contributed by atoms with van der Waals surface area (Å²) in [6.07, 6.45) is 9.98. The van der Waals surface area contributed by atoms with Crippen molar-refractivity contribution in [2.75, 3.05) is 6.61 Å². The SMILES string of the molecule is CCCCOC(=O)Oc1ccc(-c2ccc(C3=CCC(CC(C)CC)CC3)cc2)cc1. The number of ether oxygens (including phenoxy) is 2. The third-order valence-corrected chi connectivity index (χ3v) is 6.31. The first-order chi connectivity index (χ1) is 15.1. The Morgan fingerprint density at radius 1 is 1.00 bits per heavy atom. The van der Waals surface area contributed by atoms with Crippen molar-refractivity contribution >= 4 is 11.7 Å². The quantitative estimate of drug-likeness (QED) is 0.232. The van der Waals surface area contributed by atoms with Crippen LogP contribution in [0, 0.1) is 11.8 Å². The van der Waals surface area contributed by atoms with Crippen molar-refractivity contribution in [1.29, 1.82) is 0 Å². The maximum Gasteiger partial charge on any atom is 0.513 e. The molecule has 0 spiro atoms. The summed E-state index contributed by atoms with van der Waals surface area (Å²) >= 11 is 0. The Morgan fingerprint density at radius 3 is 2.23 bits per heavy atom. The highest BCUT2D eigenvalue weighted by molar-refractivity contribution is 5.71. The monoisotopic (exact) mass is 420 g/mol. The molecule has 1 aliphatic carbocycles. The number of carbonyl (C=O) groups excluding carboxylic acids is 1. The van der Waals surface area contributed by atoms with Crippen LogP contribution in [0.25, 0.3) is 16.7 Å².